The van der Waals surface area contributed by atoms with Crippen LogP contribution in [-0.2, 0) is 9.59 Å². The number of nitrogens with zero attached hydrogens (tertiary/aromatic N) is 1. The molecule has 1 saturated carbocycles. The minimum atomic E-state index is -0.853. The molecule has 1 aromatic carbocycles. The summed E-state index contributed by atoms with van der Waals surface area (Å²) in [5.41, 5.74) is 0. The first-order valence-corrected chi connectivity index (χ1v) is 8.74. The van der Waals surface area contributed by atoms with Crippen molar-refractivity contribution in [3.8, 4) is 0 Å². The number of rotatable bonds is 8. The number of aliphatic carboxylic acids is 1. The summed E-state index contributed by atoms with van der Waals surface area (Å²) < 4.78 is 0. The van der Waals surface area contributed by atoms with Crippen LogP contribution < -0.4 is 0 Å². The van der Waals surface area contributed by atoms with Crippen molar-refractivity contribution in [1.29, 1.82) is 0 Å². The summed E-state index contributed by atoms with van der Waals surface area (Å²) >= 11 is 7.45. The van der Waals surface area contributed by atoms with E-state index in [-0.39, 0.29) is 11.9 Å². The maximum absolute atomic E-state index is 12.3. The predicted octanol–water partition coefficient (Wildman–Crippen LogP) is 3.53. The number of thioether (sulfide) groups is 1. The molecule has 1 amide bonds. The Kier molecular flexibility index (Phi) is 6.15. The molecule has 1 aliphatic carbocycles. The van der Waals surface area contributed by atoms with Crippen LogP contribution in [0.4, 0.5) is 0 Å². The van der Waals surface area contributed by atoms with Gasteiger partial charge in [-0.15, -0.1) is 11.8 Å². The van der Waals surface area contributed by atoms with Crippen LogP contribution in [-0.4, -0.2) is 40.2 Å². The molecule has 0 bridgehead atoms. The van der Waals surface area contributed by atoms with E-state index in [0.29, 0.717) is 23.7 Å². The molecule has 0 radical (unpaired) electrons. The second kappa shape index (κ2) is 7.88. The Morgan fingerprint density at radius 2 is 2.00 bits per heavy atom. The number of hydrogen-bond acceptors (Lipinski definition) is 3. The number of carbonyl (C=O) groups excluding carboxylic acids is 1. The largest absolute Gasteiger partial charge is 0.481 e. The first-order chi connectivity index (χ1) is 10.5. The normalized spacial score (nSPS) is 15.4. The van der Waals surface area contributed by atoms with Gasteiger partial charge in [-0.2, -0.15) is 0 Å². The van der Waals surface area contributed by atoms with Crippen molar-refractivity contribution in [2.75, 3.05) is 12.3 Å². The summed E-state index contributed by atoms with van der Waals surface area (Å²) in [7, 11) is 0. The van der Waals surface area contributed by atoms with Crippen molar-refractivity contribution in [2.24, 2.45) is 5.92 Å². The lowest BCUT2D eigenvalue weighted by Gasteiger charge is -2.24. The summed E-state index contributed by atoms with van der Waals surface area (Å²) in [6.45, 7) is 1.96. The van der Waals surface area contributed by atoms with Gasteiger partial charge in [-0.3, -0.25) is 9.59 Å². The lowest BCUT2D eigenvalue weighted by molar-refractivity contribution is -0.143. The molecule has 0 aromatic heterocycles. The van der Waals surface area contributed by atoms with Crippen molar-refractivity contribution < 1.29 is 14.7 Å². The van der Waals surface area contributed by atoms with E-state index in [1.54, 1.807) is 23.6 Å². The van der Waals surface area contributed by atoms with Gasteiger partial charge in [0.1, 0.15) is 0 Å². The highest BCUT2D eigenvalue weighted by molar-refractivity contribution is 7.99. The topological polar surface area (TPSA) is 57.6 Å². The molecule has 1 fully saturated rings. The monoisotopic (exact) mass is 341 g/mol. The third-order valence-electron chi connectivity index (χ3n) is 3.60. The fourth-order valence-electron chi connectivity index (χ4n) is 2.14. The quantitative estimate of drug-likeness (QED) is 0.735. The lowest BCUT2D eigenvalue weighted by Crippen LogP contribution is -2.38. The third-order valence-corrected chi connectivity index (χ3v) is 4.86. The van der Waals surface area contributed by atoms with Gasteiger partial charge in [0.2, 0.25) is 5.91 Å². The van der Waals surface area contributed by atoms with E-state index in [1.807, 2.05) is 24.3 Å². The molecule has 22 heavy (non-hydrogen) atoms. The highest BCUT2D eigenvalue weighted by atomic mass is 35.5. The number of benzene rings is 1. The Labute approximate surface area is 139 Å². The highest BCUT2D eigenvalue weighted by Crippen LogP contribution is 2.29. The van der Waals surface area contributed by atoms with Crippen LogP contribution in [0.1, 0.15) is 26.2 Å². The van der Waals surface area contributed by atoms with E-state index in [2.05, 4.69) is 0 Å². The average Bonchev–Trinajstić information content (AvgIpc) is 3.30. The molecule has 1 unspecified atom stereocenters. The van der Waals surface area contributed by atoms with Crippen molar-refractivity contribution in [1.82, 2.24) is 4.90 Å². The van der Waals surface area contributed by atoms with Crippen molar-refractivity contribution in [3.63, 3.8) is 0 Å². The summed E-state index contributed by atoms with van der Waals surface area (Å²) in [6, 6.07) is 7.77. The molecule has 1 aromatic rings. The zero-order valence-electron chi connectivity index (χ0n) is 12.5. The molecule has 1 aliphatic rings. The van der Waals surface area contributed by atoms with Gasteiger partial charge in [0.15, 0.2) is 0 Å². The van der Waals surface area contributed by atoms with Gasteiger partial charge in [-0.25, -0.2) is 0 Å². The molecule has 0 spiro atoms. The van der Waals surface area contributed by atoms with Gasteiger partial charge >= 0.3 is 5.97 Å². The summed E-state index contributed by atoms with van der Waals surface area (Å²) in [5, 5.41) is 9.71. The van der Waals surface area contributed by atoms with E-state index >= 15 is 0 Å². The molecule has 0 saturated heterocycles. The minimum absolute atomic E-state index is 0.0528. The zero-order chi connectivity index (χ0) is 16.1. The Morgan fingerprint density at radius 1 is 1.36 bits per heavy atom. The Balaban J connectivity index is 1.81. The number of carboxylic acid groups (broad SMARTS) is 1. The van der Waals surface area contributed by atoms with Gasteiger partial charge in [0, 0.05) is 34.7 Å². The molecule has 0 heterocycles. The van der Waals surface area contributed by atoms with Gasteiger partial charge < -0.3 is 10.0 Å². The molecule has 6 heteroatoms. The Morgan fingerprint density at radius 3 is 2.55 bits per heavy atom. The molecule has 1 atom stereocenters. The molecular weight excluding hydrogens is 322 g/mol. The van der Waals surface area contributed by atoms with E-state index in [1.165, 1.54) is 0 Å². The van der Waals surface area contributed by atoms with Crippen LogP contribution >= 0.6 is 23.4 Å². The van der Waals surface area contributed by atoms with Crippen molar-refractivity contribution in [2.45, 2.75) is 37.1 Å². The smallest absolute Gasteiger partial charge is 0.308 e. The van der Waals surface area contributed by atoms with Gasteiger partial charge in [-0.1, -0.05) is 18.5 Å². The predicted molar refractivity (Wildman–Crippen MR) is 88.3 cm³/mol. The number of carboxylic acids is 1. The van der Waals surface area contributed by atoms with Crippen LogP contribution in [0.5, 0.6) is 0 Å². The maximum atomic E-state index is 12.3. The Bertz CT molecular complexity index is 531. The third kappa shape index (κ3) is 5.21. The van der Waals surface area contributed by atoms with Crippen molar-refractivity contribution in [3.05, 3.63) is 29.3 Å². The first-order valence-electron chi connectivity index (χ1n) is 7.38. The Hall–Kier alpha value is -1.20. The van der Waals surface area contributed by atoms with Crippen LogP contribution in [0.3, 0.4) is 0 Å². The van der Waals surface area contributed by atoms with Crippen LogP contribution in [0.15, 0.2) is 29.2 Å². The van der Waals surface area contributed by atoms with Crippen LogP contribution in [0.2, 0.25) is 5.02 Å². The highest BCUT2D eigenvalue weighted by Gasteiger charge is 2.34. The van der Waals surface area contributed by atoms with Crippen molar-refractivity contribution >= 4 is 35.2 Å². The first kappa shape index (κ1) is 17.2. The van der Waals surface area contributed by atoms with E-state index < -0.39 is 11.9 Å². The fourth-order valence-corrected chi connectivity index (χ4v) is 3.11. The molecule has 120 valence electrons. The SMILES string of the molecule is CC(CN(C(=O)CCSc1ccc(Cl)cc1)C1CC1)C(=O)O. The maximum Gasteiger partial charge on any atom is 0.308 e. The number of hydrogen-bond donors (Lipinski definition) is 1. The van der Waals surface area contributed by atoms with E-state index in [0.717, 1.165) is 17.7 Å². The van der Waals surface area contributed by atoms with E-state index in [9.17, 15) is 9.59 Å². The second-order valence-corrected chi connectivity index (χ2v) is 7.17. The number of carbonyl (C=O) groups is 2. The molecule has 2 rings (SSSR count). The minimum Gasteiger partial charge on any atom is -0.481 e. The lowest BCUT2D eigenvalue weighted by atomic mass is 10.1. The van der Waals surface area contributed by atoms with Gasteiger partial charge in [-0.05, 0) is 37.1 Å². The van der Waals surface area contributed by atoms with Crippen LogP contribution in [0, 0.1) is 5.92 Å². The standard InChI is InChI=1S/C16H20ClNO3S/c1-11(16(20)21)10-18(13-4-5-13)15(19)8-9-22-14-6-2-12(17)3-7-14/h2-3,6-7,11,13H,4-5,8-10H2,1H3,(H,20,21). The summed E-state index contributed by atoms with van der Waals surface area (Å²) in [4.78, 5) is 26.1. The molecular formula is C16H20ClNO3S. The number of halogens is 1. The summed E-state index contributed by atoms with van der Waals surface area (Å²) in [5.74, 6) is -0.634. The van der Waals surface area contributed by atoms with Gasteiger partial charge in [0.05, 0.1) is 5.92 Å². The number of amides is 1. The zero-order valence-corrected chi connectivity index (χ0v) is 14.1. The summed E-state index contributed by atoms with van der Waals surface area (Å²) in [6.07, 6.45) is 2.40. The second-order valence-electron chi connectivity index (χ2n) is 5.57. The van der Waals surface area contributed by atoms with Gasteiger partial charge in [0.25, 0.3) is 0 Å². The molecule has 1 N–H and O–H groups in total. The molecule has 0 aliphatic heterocycles. The van der Waals surface area contributed by atoms with Crippen LogP contribution in [0.25, 0.3) is 0 Å². The molecule has 4 nitrogen and oxygen atoms in total. The van der Waals surface area contributed by atoms with E-state index in [4.69, 9.17) is 16.7 Å². The fraction of sp³-hybridized carbons (Fsp3) is 0.500. The average molecular weight is 342 g/mol.